The fourth-order valence-electron chi connectivity index (χ4n) is 2.56. The minimum atomic E-state index is -0.762. The van der Waals surface area contributed by atoms with Gasteiger partial charge in [-0.2, -0.15) is 5.10 Å². The van der Waals surface area contributed by atoms with Crippen molar-refractivity contribution in [2.24, 2.45) is 0 Å². The van der Waals surface area contributed by atoms with E-state index in [-0.39, 0.29) is 18.1 Å². The molecule has 0 bridgehead atoms. The Hall–Kier alpha value is -2.25. The second kappa shape index (κ2) is 8.19. The van der Waals surface area contributed by atoms with Gasteiger partial charge in [-0.05, 0) is 60.0 Å². The van der Waals surface area contributed by atoms with E-state index in [0.717, 1.165) is 33.4 Å². The third kappa shape index (κ3) is 4.73. The van der Waals surface area contributed by atoms with Gasteiger partial charge in [0.15, 0.2) is 11.6 Å². The Bertz CT molecular complexity index is 1010. The lowest BCUT2D eigenvalue weighted by Crippen LogP contribution is -2.09. The number of hydrogen-bond acceptors (Lipinski definition) is 3. The first-order valence-corrected chi connectivity index (χ1v) is 9.10. The number of carbonyl (C=O) groups excluding carboxylic acids is 1. The van der Waals surface area contributed by atoms with E-state index in [2.05, 4.69) is 21.0 Å². The Balaban J connectivity index is 1.84. The van der Waals surface area contributed by atoms with Gasteiger partial charge in [0.05, 0.1) is 6.54 Å². The molecule has 2 aromatic carbocycles. The van der Waals surface area contributed by atoms with E-state index < -0.39 is 16.9 Å². The Kier molecular flexibility index (Phi) is 5.92. The third-order valence-electron chi connectivity index (χ3n) is 3.95. The van der Waals surface area contributed by atoms with E-state index in [1.807, 2.05) is 25.1 Å². The topological polar surface area (TPSA) is 44.1 Å². The van der Waals surface area contributed by atoms with Crippen molar-refractivity contribution < 1.29 is 18.3 Å². The van der Waals surface area contributed by atoms with E-state index in [1.54, 1.807) is 10.7 Å². The minimum absolute atomic E-state index is 0.0319. The van der Waals surface area contributed by atoms with Crippen LogP contribution in [0.5, 0.6) is 5.75 Å². The summed E-state index contributed by atoms with van der Waals surface area (Å²) in [5, 5.41) is 3.57. The number of aryl methyl sites for hydroxylation is 1. The second-order valence-corrected chi connectivity index (χ2v) is 7.14. The average Bonchev–Trinajstić information content (AvgIpc) is 2.97. The monoisotopic (exact) mass is 454 g/mol. The van der Waals surface area contributed by atoms with E-state index in [4.69, 9.17) is 16.3 Å². The standard InChI is InChI=1S/C19H14BrClF2N2O2/c1-11-6-17(19(21)26)24-25(11)9-13-7-14(20)3-2-12(13)10-27-18-5-4-15(22)8-16(18)23/h2-8H,9-10H2,1H3. The molecule has 0 fully saturated rings. The number of ether oxygens (including phenoxy) is 1. The number of hydrogen-bond donors (Lipinski definition) is 0. The molecule has 0 amide bonds. The predicted octanol–water partition coefficient (Wildman–Crippen LogP) is 5.24. The summed E-state index contributed by atoms with van der Waals surface area (Å²) in [5.74, 6) is -1.46. The number of benzene rings is 2. The van der Waals surface area contributed by atoms with Crippen molar-refractivity contribution in [3.8, 4) is 5.75 Å². The zero-order valence-corrected chi connectivity index (χ0v) is 16.5. The molecule has 4 nitrogen and oxygen atoms in total. The molecule has 0 unspecified atom stereocenters. The lowest BCUT2D eigenvalue weighted by molar-refractivity contribution is 0.107. The van der Waals surface area contributed by atoms with Gasteiger partial charge >= 0.3 is 0 Å². The Morgan fingerprint density at radius 3 is 2.63 bits per heavy atom. The first-order valence-electron chi connectivity index (χ1n) is 7.93. The first kappa shape index (κ1) is 19.5. The van der Waals surface area contributed by atoms with Crippen LogP contribution in [-0.4, -0.2) is 15.0 Å². The Morgan fingerprint density at radius 1 is 1.19 bits per heavy atom. The molecule has 0 atom stereocenters. The molecule has 0 spiro atoms. The molecule has 1 aromatic heterocycles. The minimum Gasteiger partial charge on any atom is -0.486 e. The van der Waals surface area contributed by atoms with Crippen molar-refractivity contribution >= 4 is 32.8 Å². The summed E-state index contributed by atoms with van der Waals surface area (Å²) in [6.45, 7) is 2.28. The van der Waals surface area contributed by atoms with E-state index in [1.165, 1.54) is 6.07 Å². The van der Waals surface area contributed by atoms with Crippen LogP contribution >= 0.6 is 27.5 Å². The van der Waals surface area contributed by atoms with Gasteiger partial charge in [-0.25, -0.2) is 8.78 Å². The van der Waals surface area contributed by atoms with Crippen molar-refractivity contribution in [2.45, 2.75) is 20.1 Å². The maximum Gasteiger partial charge on any atom is 0.272 e. The molecule has 3 aromatic rings. The van der Waals surface area contributed by atoms with Gasteiger partial charge in [0.1, 0.15) is 18.1 Å². The van der Waals surface area contributed by atoms with Crippen molar-refractivity contribution in [1.29, 1.82) is 0 Å². The molecular weight excluding hydrogens is 442 g/mol. The highest BCUT2D eigenvalue weighted by Crippen LogP contribution is 2.23. The highest BCUT2D eigenvalue weighted by Gasteiger charge is 2.13. The van der Waals surface area contributed by atoms with Crippen LogP contribution in [-0.2, 0) is 13.2 Å². The first-order chi connectivity index (χ1) is 12.8. The van der Waals surface area contributed by atoms with Crippen LogP contribution in [0.15, 0.2) is 46.9 Å². The molecule has 0 N–H and O–H groups in total. The molecule has 140 valence electrons. The maximum atomic E-state index is 13.8. The van der Waals surface area contributed by atoms with Crippen LogP contribution in [0, 0.1) is 18.6 Å². The smallest absolute Gasteiger partial charge is 0.272 e. The van der Waals surface area contributed by atoms with Crippen molar-refractivity contribution in [1.82, 2.24) is 9.78 Å². The van der Waals surface area contributed by atoms with Gasteiger partial charge < -0.3 is 4.74 Å². The summed E-state index contributed by atoms with van der Waals surface area (Å²) in [6.07, 6.45) is 0. The molecule has 0 aliphatic carbocycles. The summed E-state index contributed by atoms with van der Waals surface area (Å²) in [6, 6.07) is 10.3. The van der Waals surface area contributed by atoms with Crippen LogP contribution < -0.4 is 4.74 Å². The lowest BCUT2D eigenvalue weighted by Gasteiger charge is -2.13. The fraction of sp³-hybridized carbons (Fsp3) is 0.158. The summed E-state index contributed by atoms with van der Waals surface area (Å²) in [5.41, 5.74) is 2.62. The summed E-state index contributed by atoms with van der Waals surface area (Å²) in [4.78, 5) is 11.3. The Labute approximate surface area is 167 Å². The molecule has 1 heterocycles. The molecular formula is C19H14BrClF2N2O2. The highest BCUT2D eigenvalue weighted by molar-refractivity contribution is 9.10. The van der Waals surface area contributed by atoms with E-state index in [9.17, 15) is 13.6 Å². The van der Waals surface area contributed by atoms with Gasteiger partial charge in [0, 0.05) is 16.2 Å². The second-order valence-electron chi connectivity index (χ2n) is 5.88. The van der Waals surface area contributed by atoms with Gasteiger partial charge in [0.2, 0.25) is 0 Å². The number of rotatable bonds is 6. The lowest BCUT2D eigenvalue weighted by atomic mass is 10.1. The molecule has 8 heteroatoms. The molecule has 0 aliphatic rings. The van der Waals surface area contributed by atoms with E-state index >= 15 is 0 Å². The average molecular weight is 456 g/mol. The number of carbonyl (C=O) groups is 1. The van der Waals surface area contributed by atoms with Crippen LogP contribution in [0.1, 0.15) is 27.3 Å². The zero-order valence-electron chi connectivity index (χ0n) is 14.2. The fourth-order valence-corrected chi connectivity index (χ4v) is 3.06. The molecule has 0 saturated heterocycles. The normalized spacial score (nSPS) is 10.9. The van der Waals surface area contributed by atoms with Gasteiger partial charge in [0.25, 0.3) is 5.24 Å². The van der Waals surface area contributed by atoms with Crippen LogP contribution in [0.3, 0.4) is 0 Å². The number of nitrogens with zero attached hydrogens (tertiary/aromatic N) is 2. The molecule has 0 saturated carbocycles. The maximum absolute atomic E-state index is 13.8. The summed E-state index contributed by atoms with van der Waals surface area (Å²) >= 11 is 8.91. The van der Waals surface area contributed by atoms with Crippen LogP contribution in [0.4, 0.5) is 8.78 Å². The number of aromatic nitrogens is 2. The van der Waals surface area contributed by atoms with Crippen molar-refractivity contribution in [3.63, 3.8) is 0 Å². The largest absolute Gasteiger partial charge is 0.486 e. The zero-order chi connectivity index (χ0) is 19.6. The SMILES string of the molecule is Cc1cc(C(=O)Cl)nn1Cc1cc(Br)ccc1COc1ccc(F)cc1F. The quantitative estimate of drug-likeness (QED) is 0.478. The van der Waals surface area contributed by atoms with Crippen LogP contribution in [0.2, 0.25) is 0 Å². The summed E-state index contributed by atoms with van der Waals surface area (Å²) < 4.78 is 34.8. The predicted molar refractivity (Wildman–Crippen MR) is 101 cm³/mol. The van der Waals surface area contributed by atoms with Crippen molar-refractivity contribution in [3.05, 3.63) is 81.1 Å². The molecule has 27 heavy (non-hydrogen) atoms. The Morgan fingerprint density at radius 2 is 1.96 bits per heavy atom. The van der Waals surface area contributed by atoms with Gasteiger partial charge in [-0.1, -0.05) is 22.0 Å². The van der Waals surface area contributed by atoms with Gasteiger partial charge in [-0.15, -0.1) is 0 Å². The van der Waals surface area contributed by atoms with Gasteiger partial charge in [-0.3, -0.25) is 9.48 Å². The molecule has 0 aliphatic heterocycles. The highest BCUT2D eigenvalue weighted by atomic mass is 79.9. The molecule has 3 rings (SSSR count). The molecule has 0 radical (unpaired) electrons. The van der Waals surface area contributed by atoms with Crippen LogP contribution in [0.25, 0.3) is 0 Å². The van der Waals surface area contributed by atoms with E-state index in [0.29, 0.717) is 6.54 Å². The third-order valence-corrected chi connectivity index (χ3v) is 4.63. The number of halogens is 4. The summed E-state index contributed by atoms with van der Waals surface area (Å²) in [7, 11) is 0. The van der Waals surface area contributed by atoms with Crippen molar-refractivity contribution in [2.75, 3.05) is 0 Å².